The molecule has 2 rings (SSSR count). The van der Waals surface area contributed by atoms with Gasteiger partial charge in [-0.05, 0) is 65.1 Å². The van der Waals surface area contributed by atoms with Crippen LogP contribution in [0.1, 0.15) is 10.4 Å². The quantitative estimate of drug-likeness (QED) is 0.598. The number of methoxy groups -OCH3 is 1. The maximum atomic E-state index is 11.9. The Morgan fingerprint density at radius 1 is 1.11 bits per heavy atom. The Morgan fingerprint density at radius 2 is 1.84 bits per heavy atom. The number of rotatable bonds is 5. The summed E-state index contributed by atoms with van der Waals surface area (Å²) in [6.07, 6.45) is 0. The molecular weight excluding hydrogens is 355 g/mol. The van der Waals surface area contributed by atoms with Crippen LogP contribution in [0.2, 0.25) is 0 Å². The molecule has 0 aliphatic heterocycles. The van der Waals surface area contributed by atoms with Gasteiger partial charge in [0.1, 0.15) is 11.5 Å². The normalized spacial score (nSPS) is 10.0. The average Bonchev–Trinajstić information content (AvgIpc) is 2.45. The van der Waals surface area contributed by atoms with Crippen LogP contribution in [0.25, 0.3) is 0 Å². The number of ketones is 1. The molecule has 4 heteroatoms. The molecule has 0 saturated carbocycles. The molecule has 0 fully saturated rings. The van der Waals surface area contributed by atoms with Crippen LogP contribution in [-0.4, -0.2) is 19.5 Å². The Balaban J connectivity index is 1.97. The molecule has 0 saturated heterocycles. The van der Waals surface area contributed by atoms with E-state index in [2.05, 4.69) is 22.6 Å². The first-order chi connectivity index (χ1) is 9.19. The van der Waals surface area contributed by atoms with Crippen molar-refractivity contribution in [2.75, 3.05) is 13.7 Å². The first-order valence-electron chi connectivity index (χ1n) is 5.74. The molecule has 2 aromatic rings. The SMILES string of the molecule is COc1ccc(C(=O)COc2cccc(I)c2)cc1. The van der Waals surface area contributed by atoms with Gasteiger partial charge in [-0.15, -0.1) is 0 Å². The molecule has 19 heavy (non-hydrogen) atoms. The highest BCUT2D eigenvalue weighted by molar-refractivity contribution is 14.1. The fraction of sp³-hybridized carbons (Fsp3) is 0.133. The van der Waals surface area contributed by atoms with E-state index >= 15 is 0 Å². The molecule has 2 aromatic carbocycles. The number of ether oxygens (including phenoxy) is 2. The Morgan fingerprint density at radius 3 is 2.47 bits per heavy atom. The Bertz CT molecular complexity index is 564. The van der Waals surface area contributed by atoms with E-state index in [1.165, 1.54) is 0 Å². The molecule has 0 heterocycles. The lowest BCUT2D eigenvalue weighted by Crippen LogP contribution is -2.11. The van der Waals surface area contributed by atoms with Crippen molar-refractivity contribution in [3.05, 3.63) is 57.7 Å². The summed E-state index contributed by atoms with van der Waals surface area (Å²) in [5, 5.41) is 0. The predicted molar refractivity (Wildman–Crippen MR) is 82.0 cm³/mol. The number of halogens is 1. The van der Waals surface area contributed by atoms with Crippen molar-refractivity contribution in [2.45, 2.75) is 0 Å². The molecule has 98 valence electrons. The molecule has 0 bridgehead atoms. The van der Waals surface area contributed by atoms with Crippen LogP contribution in [0.5, 0.6) is 11.5 Å². The number of hydrogen-bond acceptors (Lipinski definition) is 3. The van der Waals surface area contributed by atoms with Gasteiger partial charge < -0.3 is 9.47 Å². The van der Waals surface area contributed by atoms with Crippen molar-refractivity contribution >= 4 is 28.4 Å². The van der Waals surface area contributed by atoms with Gasteiger partial charge in [0.15, 0.2) is 12.4 Å². The van der Waals surface area contributed by atoms with Gasteiger partial charge in [0.2, 0.25) is 0 Å². The molecule has 0 amide bonds. The van der Waals surface area contributed by atoms with Crippen molar-refractivity contribution in [2.24, 2.45) is 0 Å². The first kappa shape index (κ1) is 13.9. The average molecular weight is 368 g/mol. The van der Waals surface area contributed by atoms with Gasteiger partial charge in [0.05, 0.1) is 7.11 Å². The highest BCUT2D eigenvalue weighted by atomic mass is 127. The highest BCUT2D eigenvalue weighted by Crippen LogP contribution is 2.16. The summed E-state index contributed by atoms with van der Waals surface area (Å²) < 4.78 is 11.6. The fourth-order valence-corrected chi connectivity index (χ4v) is 2.08. The number of hydrogen-bond donors (Lipinski definition) is 0. The van der Waals surface area contributed by atoms with E-state index in [0.29, 0.717) is 11.3 Å². The summed E-state index contributed by atoms with van der Waals surface area (Å²) in [6.45, 7) is 0.0341. The minimum Gasteiger partial charge on any atom is -0.497 e. The zero-order valence-electron chi connectivity index (χ0n) is 10.4. The van der Waals surface area contributed by atoms with E-state index in [4.69, 9.17) is 9.47 Å². The predicted octanol–water partition coefficient (Wildman–Crippen LogP) is 3.56. The minimum atomic E-state index is -0.0542. The lowest BCUT2D eigenvalue weighted by Gasteiger charge is -2.06. The van der Waals surface area contributed by atoms with Crippen LogP contribution >= 0.6 is 22.6 Å². The summed E-state index contributed by atoms with van der Waals surface area (Å²) in [4.78, 5) is 11.9. The van der Waals surface area contributed by atoms with Gasteiger partial charge >= 0.3 is 0 Å². The number of benzene rings is 2. The Kier molecular flexibility index (Phi) is 4.79. The van der Waals surface area contributed by atoms with Gasteiger partial charge in [-0.2, -0.15) is 0 Å². The first-order valence-corrected chi connectivity index (χ1v) is 6.82. The monoisotopic (exact) mass is 368 g/mol. The van der Waals surface area contributed by atoms with Gasteiger partial charge in [-0.3, -0.25) is 4.79 Å². The van der Waals surface area contributed by atoms with Crippen LogP contribution in [0.4, 0.5) is 0 Å². The van der Waals surface area contributed by atoms with E-state index in [1.807, 2.05) is 24.3 Å². The van der Waals surface area contributed by atoms with Crippen LogP contribution < -0.4 is 9.47 Å². The van der Waals surface area contributed by atoms with E-state index in [0.717, 1.165) is 9.32 Å². The number of carbonyl (C=O) groups is 1. The topological polar surface area (TPSA) is 35.5 Å². The third-order valence-corrected chi connectivity index (χ3v) is 3.25. The molecule has 0 unspecified atom stereocenters. The molecular formula is C15H13IO3. The molecule has 0 N–H and O–H groups in total. The summed E-state index contributed by atoms with van der Waals surface area (Å²) in [5.74, 6) is 1.38. The summed E-state index contributed by atoms with van der Waals surface area (Å²) in [5.41, 5.74) is 0.617. The molecule has 0 aromatic heterocycles. The molecule has 0 aliphatic rings. The van der Waals surface area contributed by atoms with E-state index < -0.39 is 0 Å². The second-order valence-corrected chi connectivity index (χ2v) is 5.14. The van der Waals surface area contributed by atoms with E-state index in [-0.39, 0.29) is 12.4 Å². The van der Waals surface area contributed by atoms with Crippen LogP contribution in [0, 0.1) is 3.57 Å². The molecule has 0 atom stereocenters. The van der Waals surface area contributed by atoms with Crippen molar-refractivity contribution < 1.29 is 14.3 Å². The molecule has 0 spiro atoms. The molecule has 0 aliphatic carbocycles. The van der Waals surface area contributed by atoms with Crippen LogP contribution in [-0.2, 0) is 0 Å². The van der Waals surface area contributed by atoms with Crippen LogP contribution in [0.15, 0.2) is 48.5 Å². The van der Waals surface area contributed by atoms with Gasteiger partial charge in [0, 0.05) is 9.13 Å². The van der Waals surface area contributed by atoms with E-state index in [1.54, 1.807) is 31.4 Å². The zero-order chi connectivity index (χ0) is 13.7. The summed E-state index contributed by atoms with van der Waals surface area (Å²) in [7, 11) is 1.59. The second kappa shape index (κ2) is 6.56. The Hall–Kier alpha value is -1.56. The van der Waals surface area contributed by atoms with Crippen molar-refractivity contribution in [1.82, 2.24) is 0 Å². The molecule has 3 nitrogen and oxygen atoms in total. The van der Waals surface area contributed by atoms with Gasteiger partial charge in [-0.1, -0.05) is 6.07 Å². The van der Waals surface area contributed by atoms with Crippen molar-refractivity contribution in [1.29, 1.82) is 0 Å². The highest BCUT2D eigenvalue weighted by Gasteiger charge is 2.07. The van der Waals surface area contributed by atoms with Gasteiger partial charge in [0.25, 0.3) is 0 Å². The molecule has 0 radical (unpaired) electrons. The van der Waals surface area contributed by atoms with Crippen molar-refractivity contribution in [3.8, 4) is 11.5 Å². The number of carbonyl (C=O) groups excluding carboxylic acids is 1. The zero-order valence-corrected chi connectivity index (χ0v) is 12.6. The fourth-order valence-electron chi connectivity index (χ4n) is 1.57. The van der Waals surface area contributed by atoms with Gasteiger partial charge in [-0.25, -0.2) is 0 Å². The second-order valence-electron chi connectivity index (χ2n) is 3.90. The standard InChI is InChI=1S/C15H13IO3/c1-18-13-7-5-11(6-8-13)15(17)10-19-14-4-2-3-12(16)9-14/h2-9H,10H2,1H3. The maximum absolute atomic E-state index is 11.9. The Labute approximate surface area is 125 Å². The van der Waals surface area contributed by atoms with Crippen LogP contribution in [0.3, 0.4) is 0 Å². The minimum absolute atomic E-state index is 0.0341. The maximum Gasteiger partial charge on any atom is 0.200 e. The summed E-state index contributed by atoms with van der Waals surface area (Å²) >= 11 is 2.20. The third-order valence-electron chi connectivity index (χ3n) is 2.58. The largest absolute Gasteiger partial charge is 0.497 e. The lowest BCUT2D eigenvalue weighted by atomic mass is 10.1. The van der Waals surface area contributed by atoms with E-state index in [9.17, 15) is 4.79 Å². The lowest BCUT2D eigenvalue weighted by molar-refractivity contribution is 0.0921. The van der Waals surface area contributed by atoms with Crippen molar-refractivity contribution in [3.63, 3.8) is 0 Å². The summed E-state index contributed by atoms with van der Waals surface area (Å²) in [6, 6.07) is 14.6. The number of Topliss-reactive ketones (excluding diaryl/α,β-unsaturated/α-hetero) is 1. The smallest absolute Gasteiger partial charge is 0.200 e. The third kappa shape index (κ3) is 3.96.